The van der Waals surface area contributed by atoms with Crippen molar-refractivity contribution in [1.29, 1.82) is 0 Å². The Hall–Kier alpha value is -1.43. The number of benzene rings is 2. The third-order valence-electron chi connectivity index (χ3n) is 5.97. The maximum Gasteiger partial charge on any atom is 0.144 e. The molecule has 1 N–H and O–H groups in total. The molecule has 0 aliphatic heterocycles. The lowest BCUT2D eigenvalue weighted by molar-refractivity contribution is 0.238. The van der Waals surface area contributed by atoms with Gasteiger partial charge in [-0.1, -0.05) is 94.7 Å². The zero-order chi connectivity index (χ0) is 22.3. The molecule has 0 aliphatic carbocycles. The van der Waals surface area contributed by atoms with Crippen molar-refractivity contribution in [2.24, 2.45) is 0 Å². The second-order valence-corrected chi connectivity index (χ2v) is 19.2. The summed E-state index contributed by atoms with van der Waals surface area (Å²) in [6.07, 6.45) is -0.446. The van der Waals surface area contributed by atoms with Crippen molar-refractivity contribution < 1.29 is 5.11 Å². The van der Waals surface area contributed by atoms with Crippen molar-refractivity contribution in [3.05, 3.63) is 68.5 Å². The summed E-state index contributed by atoms with van der Waals surface area (Å²) in [5.74, 6) is 0. The topological polar surface area (TPSA) is 20.2 Å². The molecule has 0 bridgehead atoms. The first-order chi connectivity index (χ1) is 13.2. The van der Waals surface area contributed by atoms with E-state index in [4.69, 9.17) is 0 Å². The highest BCUT2D eigenvalue weighted by atomic mass is 28.3. The Morgan fingerprint density at radius 3 is 1.28 bits per heavy atom. The van der Waals surface area contributed by atoms with Crippen molar-refractivity contribution in [2.75, 3.05) is 0 Å². The van der Waals surface area contributed by atoms with Crippen LogP contribution in [0.15, 0.2) is 35.2 Å². The molecule has 158 valence electrons. The normalized spacial score (nSPS) is 14.3. The molecule has 0 aromatic heterocycles. The maximum absolute atomic E-state index is 11.1. The predicted molar refractivity (Wildman–Crippen MR) is 135 cm³/mol. The van der Waals surface area contributed by atoms with Crippen LogP contribution in [0.2, 0.25) is 26.2 Å². The summed E-state index contributed by atoms with van der Waals surface area (Å²) in [5.41, 5.74) is 10.5. The molecule has 3 heteroatoms. The van der Waals surface area contributed by atoms with Gasteiger partial charge < -0.3 is 5.11 Å². The van der Waals surface area contributed by atoms with Gasteiger partial charge in [-0.25, -0.2) is 0 Å². The Balaban J connectivity index is 3.08. The van der Waals surface area contributed by atoms with Gasteiger partial charge in [-0.3, -0.25) is 0 Å². The Bertz CT molecular complexity index is 842. The SMILES string of the molecule is Cc1cc(C)c([Si](C)(/C(=C\[Si](C)(C)C)C(C)O)c2c(C)cc(C)cc2C)c(C)c1. The van der Waals surface area contributed by atoms with Gasteiger partial charge in [0, 0.05) is 0 Å². The molecule has 1 atom stereocenters. The molecule has 1 nitrogen and oxygen atoms in total. The highest BCUT2D eigenvalue weighted by Crippen LogP contribution is 2.28. The van der Waals surface area contributed by atoms with Crippen LogP contribution in [-0.2, 0) is 0 Å². The molecular formula is C26H40OSi2. The third kappa shape index (κ3) is 4.84. The average Bonchev–Trinajstić information content (AvgIpc) is 2.49. The van der Waals surface area contributed by atoms with Crippen molar-refractivity contribution >= 4 is 26.5 Å². The van der Waals surface area contributed by atoms with E-state index in [0.29, 0.717) is 0 Å². The Kier molecular flexibility index (Phi) is 6.88. The first-order valence-electron chi connectivity index (χ1n) is 10.8. The van der Waals surface area contributed by atoms with Gasteiger partial charge in [0.25, 0.3) is 0 Å². The van der Waals surface area contributed by atoms with Crippen LogP contribution in [-0.4, -0.2) is 27.4 Å². The van der Waals surface area contributed by atoms with E-state index in [0.717, 1.165) is 0 Å². The van der Waals surface area contributed by atoms with E-state index in [2.05, 4.69) is 97.7 Å². The van der Waals surface area contributed by atoms with Gasteiger partial charge in [0.2, 0.25) is 0 Å². The monoisotopic (exact) mass is 424 g/mol. The van der Waals surface area contributed by atoms with Crippen LogP contribution in [0.1, 0.15) is 40.3 Å². The Morgan fingerprint density at radius 1 is 0.724 bits per heavy atom. The van der Waals surface area contributed by atoms with E-state index in [1.165, 1.54) is 49.0 Å². The van der Waals surface area contributed by atoms with Crippen LogP contribution in [0.5, 0.6) is 0 Å². The van der Waals surface area contributed by atoms with Gasteiger partial charge in [0.15, 0.2) is 0 Å². The van der Waals surface area contributed by atoms with Crippen molar-refractivity contribution in [2.45, 2.75) is 80.8 Å². The summed E-state index contributed by atoms with van der Waals surface area (Å²) in [4.78, 5) is 0. The predicted octanol–water partition coefficient (Wildman–Crippen LogP) is 5.45. The maximum atomic E-state index is 11.1. The largest absolute Gasteiger partial charge is 0.389 e. The van der Waals surface area contributed by atoms with Crippen molar-refractivity contribution in [1.82, 2.24) is 0 Å². The second-order valence-electron chi connectivity index (χ2n) is 10.3. The zero-order valence-electron chi connectivity index (χ0n) is 20.4. The Labute approximate surface area is 180 Å². The number of aliphatic hydroxyl groups excluding tert-OH is 1. The van der Waals surface area contributed by atoms with E-state index in [1.807, 2.05) is 6.92 Å². The van der Waals surface area contributed by atoms with Gasteiger partial charge in [-0.15, -0.1) is 0 Å². The molecule has 2 rings (SSSR count). The molecule has 29 heavy (non-hydrogen) atoms. The van der Waals surface area contributed by atoms with Crippen molar-refractivity contribution in [3.63, 3.8) is 0 Å². The Morgan fingerprint density at radius 2 is 1.03 bits per heavy atom. The molecule has 0 spiro atoms. The van der Waals surface area contributed by atoms with Gasteiger partial charge in [-0.2, -0.15) is 0 Å². The lowest BCUT2D eigenvalue weighted by atomic mass is 10.1. The van der Waals surface area contributed by atoms with Gasteiger partial charge in [0.05, 0.1) is 14.2 Å². The van der Waals surface area contributed by atoms with E-state index < -0.39 is 22.3 Å². The summed E-state index contributed by atoms with van der Waals surface area (Å²) < 4.78 is 0. The van der Waals surface area contributed by atoms with Gasteiger partial charge in [0.1, 0.15) is 8.07 Å². The first-order valence-corrected chi connectivity index (χ1v) is 16.8. The zero-order valence-corrected chi connectivity index (χ0v) is 22.4. The van der Waals surface area contributed by atoms with Crippen LogP contribution < -0.4 is 10.4 Å². The minimum absolute atomic E-state index is 0.446. The quantitative estimate of drug-likeness (QED) is 0.632. The first kappa shape index (κ1) is 23.8. The third-order valence-corrected chi connectivity index (χ3v) is 12.7. The molecule has 0 saturated heterocycles. The second kappa shape index (κ2) is 8.37. The lowest BCUT2D eigenvalue weighted by Crippen LogP contribution is -2.63. The molecule has 0 fully saturated rings. The van der Waals surface area contributed by atoms with E-state index >= 15 is 0 Å². The molecule has 0 amide bonds. The summed E-state index contributed by atoms with van der Waals surface area (Å²) >= 11 is 0. The van der Waals surface area contributed by atoms with Crippen LogP contribution in [0.25, 0.3) is 0 Å². The van der Waals surface area contributed by atoms with Gasteiger partial charge >= 0.3 is 0 Å². The van der Waals surface area contributed by atoms with Crippen LogP contribution in [0.4, 0.5) is 0 Å². The smallest absolute Gasteiger partial charge is 0.144 e. The fourth-order valence-electron chi connectivity index (χ4n) is 5.50. The summed E-state index contributed by atoms with van der Waals surface area (Å²) in [6.45, 7) is 24.9. The fourth-order valence-corrected chi connectivity index (χ4v) is 14.2. The minimum Gasteiger partial charge on any atom is -0.389 e. The molecule has 2 aromatic rings. The molecule has 0 saturated carbocycles. The van der Waals surface area contributed by atoms with Crippen LogP contribution >= 0.6 is 0 Å². The van der Waals surface area contributed by atoms with Crippen molar-refractivity contribution in [3.8, 4) is 0 Å². The van der Waals surface area contributed by atoms with Crippen LogP contribution in [0, 0.1) is 41.5 Å². The number of hydrogen-bond acceptors (Lipinski definition) is 1. The number of rotatable bonds is 5. The van der Waals surface area contributed by atoms with Crippen LogP contribution in [0.3, 0.4) is 0 Å². The minimum atomic E-state index is -2.38. The number of hydrogen-bond donors (Lipinski definition) is 1. The molecule has 0 aliphatic rings. The summed E-state index contributed by atoms with van der Waals surface area (Å²) in [7, 11) is -3.92. The number of aryl methyl sites for hydroxylation is 6. The molecule has 1 unspecified atom stereocenters. The lowest BCUT2D eigenvalue weighted by Gasteiger charge is -2.39. The highest BCUT2D eigenvalue weighted by molar-refractivity contribution is 7.08. The standard InChI is InChI=1S/C26H40OSi2/c1-17-12-19(3)25(20(4)13-17)29(11,24(23(7)27)16-28(8,9)10)26-21(5)14-18(2)15-22(26)6/h12-16,23,27H,1-11H3/b24-16-. The van der Waals surface area contributed by atoms with E-state index in [-0.39, 0.29) is 0 Å². The molecular weight excluding hydrogens is 384 g/mol. The number of aliphatic hydroxyl groups is 1. The summed E-state index contributed by atoms with van der Waals surface area (Å²) in [6, 6.07) is 9.28. The van der Waals surface area contributed by atoms with E-state index in [9.17, 15) is 5.11 Å². The molecule has 2 aromatic carbocycles. The molecule has 0 heterocycles. The average molecular weight is 425 g/mol. The van der Waals surface area contributed by atoms with E-state index in [1.54, 1.807) is 0 Å². The highest BCUT2D eigenvalue weighted by Gasteiger charge is 2.42. The summed E-state index contributed by atoms with van der Waals surface area (Å²) in [5, 5.41) is 15.3. The van der Waals surface area contributed by atoms with Gasteiger partial charge in [-0.05, 0) is 58.8 Å². The fraction of sp³-hybridized carbons (Fsp3) is 0.462. The molecule has 0 radical (unpaired) electrons.